The SMILES string of the molecule is Oc1c2n(c(=S)n1Oc1cc(Oc3ncccc3Cl)c(Cl)cc1F)CCCC2. The Morgan fingerprint density at radius 2 is 2.00 bits per heavy atom. The lowest BCUT2D eigenvalue weighted by Crippen LogP contribution is -2.10. The summed E-state index contributed by atoms with van der Waals surface area (Å²) in [6.45, 7) is 0.674. The van der Waals surface area contributed by atoms with E-state index in [1.165, 1.54) is 12.3 Å². The van der Waals surface area contributed by atoms with Crippen molar-refractivity contribution in [1.29, 1.82) is 0 Å². The number of rotatable bonds is 4. The summed E-state index contributed by atoms with van der Waals surface area (Å²) >= 11 is 17.5. The van der Waals surface area contributed by atoms with Crippen LogP contribution in [0.3, 0.4) is 0 Å². The van der Waals surface area contributed by atoms with Crippen LogP contribution in [-0.4, -0.2) is 19.4 Å². The Balaban J connectivity index is 1.71. The second-order valence-corrected chi connectivity index (χ2v) is 7.33. The summed E-state index contributed by atoms with van der Waals surface area (Å²) in [6, 6.07) is 5.54. The summed E-state index contributed by atoms with van der Waals surface area (Å²) in [5, 5.41) is 10.7. The molecule has 1 aliphatic heterocycles. The van der Waals surface area contributed by atoms with E-state index in [0.29, 0.717) is 18.7 Å². The minimum absolute atomic E-state index is 0.00978. The van der Waals surface area contributed by atoms with E-state index in [9.17, 15) is 9.50 Å². The third-order valence-corrected chi connectivity index (χ3v) is 5.30. The van der Waals surface area contributed by atoms with Gasteiger partial charge in [-0.15, -0.1) is 4.73 Å². The Labute approximate surface area is 174 Å². The Morgan fingerprint density at radius 3 is 2.75 bits per heavy atom. The Bertz CT molecular complexity index is 1120. The van der Waals surface area contributed by atoms with Crippen LogP contribution in [0.25, 0.3) is 0 Å². The van der Waals surface area contributed by atoms with Gasteiger partial charge in [-0.2, -0.15) is 0 Å². The largest absolute Gasteiger partial charge is 0.491 e. The highest BCUT2D eigenvalue weighted by atomic mass is 35.5. The van der Waals surface area contributed by atoms with Gasteiger partial charge in [0.15, 0.2) is 17.3 Å². The molecule has 0 bridgehead atoms. The Hall–Kier alpha value is -2.29. The minimum atomic E-state index is -0.741. The molecular formula is C18H14Cl2FN3O3S. The molecule has 28 heavy (non-hydrogen) atoms. The quantitative estimate of drug-likeness (QED) is 0.538. The highest BCUT2D eigenvalue weighted by Crippen LogP contribution is 2.37. The Morgan fingerprint density at radius 1 is 1.18 bits per heavy atom. The van der Waals surface area contributed by atoms with Gasteiger partial charge in [-0.3, -0.25) is 0 Å². The van der Waals surface area contributed by atoms with Gasteiger partial charge in [-0.25, -0.2) is 9.37 Å². The molecule has 6 nitrogen and oxygen atoms in total. The molecule has 2 aromatic heterocycles. The molecule has 0 spiro atoms. The molecule has 0 saturated carbocycles. The molecule has 1 aromatic carbocycles. The fourth-order valence-electron chi connectivity index (χ4n) is 2.98. The topological polar surface area (TPSA) is 61.4 Å². The number of aromatic hydroxyl groups is 1. The number of benzene rings is 1. The number of ether oxygens (including phenoxy) is 1. The molecule has 146 valence electrons. The number of nitrogens with zero attached hydrogens (tertiary/aromatic N) is 3. The van der Waals surface area contributed by atoms with Crippen LogP contribution in [0.15, 0.2) is 30.5 Å². The molecule has 0 amide bonds. The van der Waals surface area contributed by atoms with Gasteiger partial charge >= 0.3 is 0 Å². The van der Waals surface area contributed by atoms with E-state index in [1.54, 1.807) is 16.7 Å². The van der Waals surface area contributed by atoms with Gasteiger partial charge in [0.2, 0.25) is 16.5 Å². The molecule has 0 fully saturated rings. The first-order valence-corrected chi connectivity index (χ1v) is 9.61. The maximum Gasteiger partial charge on any atom is 0.248 e. The van der Waals surface area contributed by atoms with Gasteiger partial charge in [-0.1, -0.05) is 23.2 Å². The lowest BCUT2D eigenvalue weighted by atomic mass is 10.1. The van der Waals surface area contributed by atoms with Crippen LogP contribution < -0.4 is 9.57 Å². The summed E-state index contributed by atoms with van der Waals surface area (Å²) in [6.07, 6.45) is 4.05. The molecule has 0 atom stereocenters. The van der Waals surface area contributed by atoms with Crippen molar-refractivity contribution in [2.45, 2.75) is 25.8 Å². The van der Waals surface area contributed by atoms with E-state index in [2.05, 4.69) is 4.98 Å². The first kappa shape index (κ1) is 19.0. The lowest BCUT2D eigenvalue weighted by Gasteiger charge is -2.12. The molecule has 3 aromatic rings. The highest BCUT2D eigenvalue weighted by molar-refractivity contribution is 7.71. The zero-order valence-corrected chi connectivity index (χ0v) is 16.7. The van der Waals surface area contributed by atoms with Gasteiger partial charge in [-0.05, 0) is 43.6 Å². The number of aromatic nitrogens is 3. The van der Waals surface area contributed by atoms with Crippen molar-refractivity contribution in [3.8, 4) is 23.3 Å². The molecular weight excluding hydrogens is 428 g/mol. The first-order valence-electron chi connectivity index (χ1n) is 8.45. The molecule has 1 aliphatic rings. The summed E-state index contributed by atoms with van der Waals surface area (Å²) in [5.41, 5.74) is 0.669. The van der Waals surface area contributed by atoms with Crippen molar-refractivity contribution in [3.05, 3.63) is 56.8 Å². The number of hydrogen-bond donors (Lipinski definition) is 1. The van der Waals surface area contributed by atoms with Crippen molar-refractivity contribution >= 4 is 35.4 Å². The van der Waals surface area contributed by atoms with Gasteiger partial charge in [0, 0.05) is 24.9 Å². The van der Waals surface area contributed by atoms with Crippen LogP contribution in [0, 0.1) is 10.6 Å². The van der Waals surface area contributed by atoms with Gasteiger partial charge in [0.25, 0.3) is 0 Å². The van der Waals surface area contributed by atoms with Crippen molar-refractivity contribution in [1.82, 2.24) is 14.3 Å². The normalized spacial score (nSPS) is 13.2. The fourth-order valence-corrected chi connectivity index (χ4v) is 3.66. The van der Waals surface area contributed by atoms with Crippen molar-refractivity contribution in [2.75, 3.05) is 0 Å². The zero-order chi connectivity index (χ0) is 19.8. The van der Waals surface area contributed by atoms with Gasteiger partial charge in [0.05, 0.1) is 10.7 Å². The third kappa shape index (κ3) is 3.43. The third-order valence-electron chi connectivity index (χ3n) is 4.33. The molecule has 4 rings (SSSR count). The second kappa shape index (κ2) is 7.62. The van der Waals surface area contributed by atoms with Crippen molar-refractivity contribution in [2.24, 2.45) is 0 Å². The maximum absolute atomic E-state index is 14.4. The van der Waals surface area contributed by atoms with E-state index >= 15 is 0 Å². The van der Waals surface area contributed by atoms with Crippen LogP contribution in [0.1, 0.15) is 18.5 Å². The molecule has 0 saturated heterocycles. The second-order valence-electron chi connectivity index (χ2n) is 6.15. The molecule has 3 heterocycles. The highest BCUT2D eigenvalue weighted by Gasteiger charge is 2.23. The predicted octanol–water partition coefficient (Wildman–Crippen LogP) is 5.54. The lowest BCUT2D eigenvalue weighted by molar-refractivity contribution is 0.169. The standard InChI is InChI=1S/C18H14Cl2FN3O3S/c19-10-4-3-6-22-16(10)26-14-9-15(12(21)8-11(14)20)27-24-17(25)13-5-1-2-7-23(13)18(24)28/h3-4,6,8-9,25H,1-2,5,7H2. The predicted molar refractivity (Wildman–Crippen MR) is 105 cm³/mol. The summed E-state index contributed by atoms with van der Waals surface area (Å²) in [7, 11) is 0. The van der Waals surface area contributed by atoms with Gasteiger partial charge in [0.1, 0.15) is 5.02 Å². The maximum atomic E-state index is 14.4. The van der Waals surface area contributed by atoms with Crippen LogP contribution in [0.5, 0.6) is 23.3 Å². The average molecular weight is 442 g/mol. The van der Waals surface area contributed by atoms with Crippen LogP contribution in [0.2, 0.25) is 10.0 Å². The summed E-state index contributed by atoms with van der Waals surface area (Å²) < 4.78 is 23.1. The number of halogens is 3. The van der Waals surface area contributed by atoms with Crippen LogP contribution in [0.4, 0.5) is 4.39 Å². The minimum Gasteiger partial charge on any atom is -0.491 e. The van der Waals surface area contributed by atoms with E-state index < -0.39 is 5.82 Å². The smallest absolute Gasteiger partial charge is 0.248 e. The van der Waals surface area contributed by atoms with Crippen LogP contribution >= 0.6 is 35.4 Å². The molecule has 0 aliphatic carbocycles. The van der Waals surface area contributed by atoms with E-state index in [4.69, 9.17) is 45.0 Å². The molecule has 1 N–H and O–H groups in total. The summed E-state index contributed by atoms with van der Waals surface area (Å²) in [5.74, 6) is -0.902. The zero-order valence-electron chi connectivity index (χ0n) is 14.4. The fraction of sp³-hybridized carbons (Fsp3) is 0.222. The summed E-state index contributed by atoms with van der Waals surface area (Å²) in [4.78, 5) is 9.57. The van der Waals surface area contributed by atoms with Crippen molar-refractivity contribution < 1.29 is 19.1 Å². The van der Waals surface area contributed by atoms with Gasteiger partial charge < -0.3 is 19.2 Å². The van der Waals surface area contributed by atoms with Crippen LogP contribution in [-0.2, 0) is 13.0 Å². The first-order chi connectivity index (χ1) is 13.5. The van der Waals surface area contributed by atoms with Crippen molar-refractivity contribution in [3.63, 3.8) is 0 Å². The number of hydrogen-bond acceptors (Lipinski definition) is 5. The molecule has 0 radical (unpaired) electrons. The number of fused-ring (bicyclic) bond motifs is 1. The van der Waals surface area contributed by atoms with E-state index in [1.807, 2.05) is 0 Å². The molecule has 10 heteroatoms. The van der Waals surface area contributed by atoms with E-state index in [-0.39, 0.29) is 38.1 Å². The monoisotopic (exact) mass is 441 g/mol. The molecule has 0 unspecified atom stereocenters. The number of imidazole rings is 1. The Kier molecular flexibility index (Phi) is 5.18. The van der Waals surface area contributed by atoms with E-state index in [0.717, 1.165) is 23.6 Å². The average Bonchev–Trinajstić information content (AvgIpc) is 2.92. The number of pyridine rings is 1.